The van der Waals surface area contributed by atoms with Crippen molar-refractivity contribution in [2.45, 2.75) is 51.7 Å². The molecule has 2 aliphatic rings. The summed E-state index contributed by atoms with van der Waals surface area (Å²) in [6.07, 6.45) is -0.976. The third-order valence-electron chi connectivity index (χ3n) is 7.04. The molecule has 1 aromatic carbocycles. The van der Waals surface area contributed by atoms with Gasteiger partial charge in [0.25, 0.3) is 0 Å². The molecule has 2 aliphatic heterocycles. The molecular weight excluding hydrogens is 475 g/mol. The summed E-state index contributed by atoms with van der Waals surface area (Å²) in [5.41, 5.74) is 2.37. The highest BCUT2D eigenvalue weighted by Gasteiger charge is 2.38. The number of hydrogen-bond acceptors (Lipinski definition) is 6. The lowest BCUT2D eigenvalue weighted by molar-refractivity contribution is -0.138. The Hall–Kier alpha value is -3.01. The van der Waals surface area contributed by atoms with E-state index in [1.807, 2.05) is 11.6 Å². The molecule has 0 bridgehead atoms. The largest absolute Gasteiger partial charge is 0.497 e. The second-order valence-electron chi connectivity index (χ2n) is 9.36. The summed E-state index contributed by atoms with van der Waals surface area (Å²) in [4.78, 5) is 12.5. The summed E-state index contributed by atoms with van der Waals surface area (Å²) in [7, 11) is 1.27. The number of benzene rings is 1. The minimum Gasteiger partial charge on any atom is -0.497 e. The number of esters is 1. The standard InChI is InChI=1S/C26H32F3N3O4/c1-4-32-23-17(2)30-16-25(9-12-35-13-10-25)15-20(23)22(31-32)6-5-11-36-24(33)19-8-7-18(34-3)14-21(19)26(27,28)29/h7-8,14,30H,2,4-6,9-13,15-16H2,1,3H3. The van der Waals surface area contributed by atoms with Gasteiger partial charge in [-0.3, -0.25) is 4.68 Å². The number of methoxy groups -OCH3 is 1. The minimum absolute atomic E-state index is 0.0180. The maximum absolute atomic E-state index is 13.5. The number of alkyl halides is 3. The first-order valence-electron chi connectivity index (χ1n) is 12.2. The maximum atomic E-state index is 13.5. The molecular formula is C26H32F3N3O4. The van der Waals surface area contributed by atoms with E-state index in [1.54, 1.807) is 0 Å². The van der Waals surface area contributed by atoms with Gasteiger partial charge in [0.2, 0.25) is 0 Å². The number of ether oxygens (including phenoxy) is 3. The zero-order chi connectivity index (χ0) is 25.9. The SMILES string of the molecule is C=C1NCC2(CCOCC2)Cc2c(CCCOC(=O)c3ccc(OC)cc3C(F)(F)F)nn(CC)c21. The molecule has 0 saturated carbocycles. The summed E-state index contributed by atoms with van der Waals surface area (Å²) in [6, 6.07) is 3.19. The van der Waals surface area contributed by atoms with Gasteiger partial charge in [-0.25, -0.2) is 4.79 Å². The molecule has 0 amide bonds. The second-order valence-corrected chi connectivity index (χ2v) is 9.36. The van der Waals surface area contributed by atoms with Gasteiger partial charge in [-0.2, -0.15) is 18.3 Å². The van der Waals surface area contributed by atoms with Crippen LogP contribution in [0, 0.1) is 5.41 Å². The number of nitrogens with one attached hydrogen (secondary N) is 1. The molecule has 3 heterocycles. The van der Waals surface area contributed by atoms with Gasteiger partial charge in [0.15, 0.2) is 0 Å². The molecule has 1 aromatic heterocycles. The highest BCUT2D eigenvalue weighted by Crippen LogP contribution is 2.40. The van der Waals surface area contributed by atoms with Crippen molar-refractivity contribution in [1.29, 1.82) is 0 Å². The van der Waals surface area contributed by atoms with E-state index in [0.29, 0.717) is 19.4 Å². The Bertz CT molecular complexity index is 1120. The molecule has 2 aromatic rings. The first kappa shape index (κ1) is 26.1. The van der Waals surface area contributed by atoms with Gasteiger partial charge in [-0.05, 0) is 62.6 Å². The Morgan fingerprint density at radius 2 is 2.06 bits per heavy atom. The van der Waals surface area contributed by atoms with E-state index in [2.05, 4.69) is 11.9 Å². The van der Waals surface area contributed by atoms with Crippen molar-refractivity contribution in [3.8, 4) is 5.75 Å². The number of aryl methyl sites for hydroxylation is 2. The average molecular weight is 508 g/mol. The number of rotatable bonds is 7. The molecule has 10 heteroatoms. The van der Waals surface area contributed by atoms with E-state index in [9.17, 15) is 18.0 Å². The van der Waals surface area contributed by atoms with Crippen LogP contribution in [-0.4, -0.2) is 49.2 Å². The summed E-state index contributed by atoms with van der Waals surface area (Å²) in [5, 5.41) is 8.30. The molecule has 0 unspecified atom stereocenters. The van der Waals surface area contributed by atoms with Crippen LogP contribution in [0.5, 0.6) is 5.75 Å². The molecule has 7 nitrogen and oxygen atoms in total. The Morgan fingerprint density at radius 3 is 2.72 bits per heavy atom. The topological polar surface area (TPSA) is 74.6 Å². The van der Waals surface area contributed by atoms with Gasteiger partial charge < -0.3 is 19.5 Å². The number of carbonyl (C=O) groups excluding carboxylic acids is 1. The molecule has 1 saturated heterocycles. The first-order chi connectivity index (χ1) is 17.2. The quantitative estimate of drug-likeness (QED) is 0.435. The fourth-order valence-electron chi connectivity index (χ4n) is 5.02. The lowest BCUT2D eigenvalue weighted by Gasteiger charge is -2.36. The van der Waals surface area contributed by atoms with Gasteiger partial charge in [-0.15, -0.1) is 0 Å². The van der Waals surface area contributed by atoms with Gasteiger partial charge in [0.1, 0.15) is 5.75 Å². The maximum Gasteiger partial charge on any atom is 0.417 e. The van der Waals surface area contributed by atoms with Crippen molar-refractivity contribution in [2.24, 2.45) is 5.41 Å². The van der Waals surface area contributed by atoms with Crippen molar-refractivity contribution in [1.82, 2.24) is 15.1 Å². The average Bonchev–Trinajstić information content (AvgIpc) is 3.14. The van der Waals surface area contributed by atoms with Crippen molar-refractivity contribution >= 4 is 11.7 Å². The molecule has 0 aliphatic carbocycles. The summed E-state index contributed by atoms with van der Waals surface area (Å²) >= 11 is 0. The summed E-state index contributed by atoms with van der Waals surface area (Å²) in [5.74, 6) is -0.994. The normalized spacial score (nSPS) is 17.3. The molecule has 0 atom stereocenters. The van der Waals surface area contributed by atoms with Gasteiger partial charge in [0.05, 0.1) is 41.9 Å². The van der Waals surface area contributed by atoms with Crippen LogP contribution in [0.1, 0.15) is 59.1 Å². The first-order valence-corrected chi connectivity index (χ1v) is 12.2. The Morgan fingerprint density at radius 1 is 1.31 bits per heavy atom. The lowest BCUT2D eigenvalue weighted by atomic mass is 9.75. The van der Waals surface area contributed by atoms with Crippen molar-refractivity contribution in [3.05, 3.63) is 52.9 Å². The van der Waals surface area contributed by atoms with E-state index < -0.39 is 23.3 Å². The minimum atomic E-state index is -4.70. The fraction of sp³-hybridized carbons (Fsp3) is 0.538. The number of halogens is 3. The number of hydrogen-bond donors (Lipinski definition) is 1. The summed E-state index contributed by atoms with van der Waals surface area (Å²) < 4.78 is 58.0. The molecule has 0 radical (unpaired) electrons. The fourth-order valence-corrected chi connectivity index (χ4v) is 5.02. The highest BCUT2D eigenvalue weighted by atomic mass is 19.4. The van der Waals surface area contributed by atoms with E-state index in [1.165, 1.54) is 13.2 Å². The zero-order valence-electron chi connectivity index (χ0n) is 20.7. The van der Waals surface area contributed by atoms with Crippen LogP contribution < -0.4 is 10.1 Å². The second kappa shape index (κ2) is 10.5. The number of carbonyl (C=O) groups is 1. The predicted molar refractivity (Wildman–Crippen MR) is 128 cm³/mol. The molecule has 36 heavy (non-hydrogen) atoms. The van der Waals surface area contributed by atoms with Crippen LogP contribution in [0.15, 0.2) is 24.8 Å². The molecule has 1 fully saturated rings. The van der Waals surface area contributed by atoms with E-state index in [-0.39, 0.29) is 17.8 Å². The van der Waals surface area contributed by atoms with Crippen LogP contribution in [0.4, 0.5) is 13.2 Å². The van der Waals surface area contributed by atoms with E-state index in [4.69, 9.17) is 19.3 Å². The predicted octanol–water partition coefficient (Wildman–Crippen LogP) is 4.63. The molecule has 4 rings (SSSR count). The monoisotopic (exact) mass is 507 g/mol. The Kier molecular flexibility index (Phi) is 7.63. The molecule has 196 valence electrons. The number of fused-ring (bicyclic) bond motifs is 1. The van der Waals surface area contributed by atoms with E-state index >= 15 is 0 Å². The molecule has 1 N–H and O–H groups in total. The van der Waals surface area contributed by atoms with Crippen molar-refractivity contribution < 1.29 is 32.2 Å². The number of aromatic nitrogens is 2. The van der Waals surface area contributed by atoms with Crippen molar-refractivity contribution in [3.63, 3.8) is 0 Å². The van der Waals surface area contributed by atoms with E-state index in [0.717, 1.165) is 73.8 Å². The highest BCUT2D eigenvalue weighted by molar-refractivity contribution is 5.91. The van der Waals surface area contributed by atoms with Crippen LogP contribution in [0.2, 0.25) is 0 Å². The lowest BCUT2D eigenvalue weighted by Crippen LogP contribution is -2.38. The zero-order valence-corrected chi connectivity index (χ0v) is 20.7. The third kappa shape index (κ3) is 5.38. The van der Waals surface area contributed by atoms with Crippen molar-refractivity contribution in [2.75, 3.05) is 33.5 Å². The Balaban J connectivity index is 1.46. The van der Waals surface area contributed by atoms with Crippen LogP contribution >= 0.6 is 0 Å². The number of nitrogens with zero attached hydrogens (tertiary/aromatic N) is 2. The third-order valence-corrected chi connectivity index (χ3v) is 7.04. The summed E-state index contributed by atoms with van der Waals surface area (Å²) in [6.45, 7) is 9.20. The van der Waals surface area contributed by atoms with Gasteiger partial charge in [0, 0.05) is 31.9 Å². The van der Waals surface area contributed by atoms with Crippen LogP contribution in [0.25, 0.3) is 5.70 Å². The Labute approximate surface area is 208 Å². The van der Waals surface area contributed by atoms with Gasteiger partial charge in [-0.1, -0.05) is 6.58 Å². The molecule has 1 spiro atoms. The smallest absolute Gasteiger partial charge is 0.417 e. The van der Waals surface area contributed by atoms with Crippen LogP contribution in [-0.2, 0) is 35.0 Å². The van der Waals surface area contributed by atoms with Crippen LogP contribution in [0.3, 0.4) is 0 Å². The van der Waals surface area contributed by atoms with Gasteiger partial charge >= 0.3 is 12.1 Å².